The summed E-state index contributed by atoms with van der Waals surface area (Å²) in [7, 11) is -9.92. The SMILES string of the molecule is O=C(O)CCCc1ccc(N=Nc2c(S(=O)(=O)O)cc3cc(NC(=O)c4ccc(C(=O)Nc5ccc6c(O)c(N=Nc7ccc(CCCC(=O)O)cc7)c(S(=O)(=O)O)cc6c5)cc4)ccc3c2O)cc1. The number of carbonyl (C=O) groups is 4. The first-order valence-electron chi connectivity index (χ1n) is 21.0. The van der Waals surface area contributed by atoms with Gasteiger partial charge in [-0.3, -0.25) is 28.3 Å². The zero-order valence-electron chi connectivity index (χ0n) is 36.3. The zero-order valence-corrected chi connectivity index (χ0v) is 38.0. The molecular weight excluding hydrogens is 949 g/mol. The van der Waals surface area contributed by atoms with Crippen molar-refractivity contribution in [2.75, 3.05) is 10.6 Å². The van der Waals surface area contributed by atoms with Crippen molar-refractivity contribution in [3.63, 3.8) is 0 Å². The Morgan fingerprint density at radius 1 is 0.471 bits per heavy atom. The summed E-state index contributed by atoms with van der Waals surface area (Å²) in [6.45, 7) is 0. The van der Waals surface area contributed by atoms with Crippen LogP contribution in [0, 0.1) is 0 Å². The van der Waals surface area contributed by atoms with Crippen LogP contribution in [0.4, 0.5) is 34.1 Å². The summed E-state index contributed by atoms with van der Waals surface area (Å²) in [5, 5.41) is 61.5. The molecule has 0 aromatic heterocycles. The van der Waals surface area contributed by atoms with Gasteiger partial charge in [0.1, 0.15) is 21.2 Å². The first-order valence-corrected chi connectivity index (χ1v) is 23.8. The summed E-state index contributed by atoms with van der Waals surface area (Å²) in [6, 6.07) is 29.0. The van der Waals surface area contributed by atoms with Gasteiger partial charge in [-0.15, -0.1) is 10.2 Å². The second-order valence-electron chi connectivity index (χ2n) is 15.7. The molecule has 2 amide bonds. The minimum atomic E-state index is -4.96. The fourth-order valence-electron chi connectivity index (χ4n) is 7.19. The lowest BCUT2D eigenvalue weighted by Crippen LogP contribution is -2.14. The van der Waals surface area contributed by atoms with E-state index in [9.17, 15) is 55.3 Å². The molecule has 0 saturated heterocycles. The molecule has 20 nitrogen and oxygen atoms in total. The molecule has 0 aliphatic heterocycles. The first kappa shape index (κ1) is 49.5. The molecule has 0 saturated carbocycles. The highest BCUT2D eigenvalue weighted by Crippen LogP contribution is 2.43. The van der Waals surface area contributed by atoms with Crippen molar-refractivity contribution in [3.05, 3.63) is 144 Å². The Morgan fingerprint density at radius 2 is 0.829 bits per heavy atom. The van der Waals surface area contributed by atoms with Crippen LogP contribution in [0.1, 0.15) is 57.5 Å². The van der Waals surface area contributed by atoms with Crippen molar-refractivity contribution in [2.24, 2.45) is 20.5 Å². The molecule has 22 heteroatoms. The van der Waals surface area contributed by atoms with Crippen molar-refractivity contribution in [2.45, 2.75) is 48.3 Å². The van der Waals surface area contributed by atoms with E-state index in [2.05, 4.69) is 31.1 Å². The summed E-state index contributed by atoms with van der Waals surface area (Å²) in [5.74, 6) is -4.30. The van der Waals surface area contributed by atoms with Crippen LogP contribution in [-0.2, 0) is 42.7 Å². The monoisotopic (exact) mass is 988 g/mol. The number of benzene rings is 7. The smallest absolute Gasteiger partial charge is 0.303 e. The normalized spacial score (nSPS) is 11.9. The number of carboxylic acid groups (broad SMARTS) is 2. The van der Waals surface area contributed by atoms with Gasteiger partial charge in [0.2, 0.25) is 0 Å². The molecule has 7 rings (SSSR count). The molecule has 7 aromatic rings. The standard InChI is InChI=1S/C48H40N6O14S2/c55-41(56)5-1-3-27-7-15-33(16-8-27)51-53-43-39(69(63,64)65)25-31-23-35(19-21-37(31)45(43)59)49-47(61)29-11-13-30(14-12-29)48(62)50-36-20-22-38-32(24-36)26-40(70(66,67)68)44(46(38)60)54-52-34-17-9-28(10-18-34)4-2-6-42(57)58/h7-26,59-60H,1-6H2,(H,49,61)(H,50,62)(H,55,56)(H,57,58)(H,63,64,65)(H,66,67,68). The molecule has 70 heavy (non-hydrogen) atoms. The van der Waals surface area contributed by atoms with Crippen molar-refractivity contribution >= 4 is 99.7 Å². The molecule has 0 fully saturated rings. The minimum absolute atomic E-state index is 0.00770. The molecule has 0 atom stereocenters. The van der Waals surface area contributed by atoms with E-state index >= 15 is 0 Å². The average Bonchev–Trinajstić information content (AvgIpc) is 3.30. The predicted octanol–water partition coefficient (Wildman–Crippen LogP) is 10.0. The number of azo groups is 2. The number of carboxylic acids is 2. The van der Waals surface area contributed by atoms with Gasteiger partial charge >= 0.3 is 11.9 Å². The number of anilines is 2. The van der Waals surface area contributed by atoms with Crippen molar-refractivity contribution in [3.8, 4) is 11.5 Å². The molecule has 358 valence electrons. The number of fused-ring (bicyclic) bond motifs is 2. The van der Waals surface area contributed by atoms with Crippen LogP contribution in [0.15, 0.2) is 152 Å². The number of carbonyl (C=O) groups excluding carboxylic acids is 2. The van der Waals surface area contributed by atoms with Gasteiger partial charge in [0.25, 0.3) is 32.1 Å². The summed E-state index contributed by atoms with van der Waals surface area (Å²) < 4.78 is 69.9. The molecule has 8 N–H and O–H groups in total. The molecular formula is C48H40N6O14S2. The second kappa shape index (κ2) is 20.8. The van der Waals surface area contributed by atoms with E-state index in [0.29, 0.717) is 25.7 Å². The summed E-state index contributed by atoms with van der Waals surface area (Å²) in [6.07, 6.45) is 1.89. The Balaban J connectivity index is 1.03. The molecule has 0 aliphatic rings. The highest BCUT2D eigenvalue weighted by Gasteiger charge is 2.24. The van der Waals surface area contributed by atoms with Crippen LogP contribution < -0.4 is 10.6 Å². The highest BCUT2D eigenvalue weighted by molar-refractivity contribution is 7.86. The van der Waals surface area contributed by atoms with Crippen LogP contribution >= 0.6 is 0 Å². The topological polar surface area (TPSA) is 331 Å². The quantitative estimate of drug-likeness (QED) is 0.0293. The lowest BCUT2D eigenvalue weighted by atomic mass is 10.1. The maximum atomic E-state index is 13.3. The van der Waals surface area contributed by atoms with Gasteiger partial charge in [0.05, 0.1) is 11.4 Å². The molecule has 7 aromatic carbocycles. The molecule has 0 radical (unpaired) electrons. The minimum Gasteiger partial charge on any atom is -0.505 e. The highest BCUT2D eigenvalue weighted by atomic mass is 32.2. The largest absolute Gasteiger partial charge is 0.505 e. The zero-order chi connectivity index (χ0) is 50.3. The van der Waals surface area contributed by atoms with E-state index in [1.54, 1.807) is 48.5 Å². The number of aliphatic carboxylic acids is 2. The summed E-state index contributed by atoms with van der Waals surface area (Å²) in [5.41, 5.74) is 1.75. The maximum absolute atomic E-state index is 13.3. The van der Waals surface area contributed by atoms with Crippen LogP contribution in [-0.4, -0.2) is 70.1 Å². The number of hydrogen-bond acceptors (Lipinski definition) is 14. The summed E-state index contributed by atoms with van der Waals surface area (Å²) in [4.78, 5) is 46.6. The molecule has 0 bridgehead atoms. The number of phenols is 2. The van der Waals surface area contributed by atoms with Crippen molar-refractivity contribution in [1.29, 1.82) is 0 Å². The van der Waals surface area contributed by atoms with E-state index in [0.717, 1.165) is 23.3 Å². The fourth-order valence-corrected chi connectivity index (χ4v) is 8.50. The van der Waals surface area contributed by atoms with Gasteiger partial charge in [0.15, 0.2) is 11.5 Å². The number of phenolic OH excluding ortho intramolecular Hbond substituents is 2. The van der Waals surface area contributed by atoms with Gasteiger partial charge < -0.3 is 31.1 Å². The van der Waals surface area contributed by atoms with Gasteiger partial charge in [-0.1, -0.05) is 24.3 Å². The molecule has 0 spiro atoms. The predicted molar refractivity (Wildman–Crippen MR) is 256 cm³/mol. The Labute approximate surface area is 398 Å². The van der Waals surface area contributed by atoms with Gasteiger partial charge in [-0.05, 0) is 145 Å². The number of hydrogen-bond donors (Lipinski definition) is 8. The van der Waals surface area contributed by atoms with Gasteiger partial charge in [-0.25, -0.2) is 0 Å². The number of amides is 2. The van der Waals surface area contributed by atoms with E-state index in [4.69, 9.17) is 10.2 Å². The van der Waals surface area contributed by atoms with Crippen LogP contribution in [0.2, 0.25) is 0 Å². The number of aryl methyl sites for hydroxylation is 2. The van der Waals surface area contributed by atoms with Crippen LogP contribution in [0.3, 0.4) is 0 Å². The number of nitrogens with zero attached hydrogens (tertiary/aromatic N) is 4. The first-order chi connectivity index (χ1) is 33.2. The van der Waals surface area contributed by atoms with E-state index in [1.165, 1.54) is 60.7 Å². The third-order valence-electron chi connectivity index (χ3n) is 10.7. The Morgan fingerprint density at radius 3 is 1.16 bits per heavy atom. The van der Waals surface area contributed by atoms with E-state index in [-0.39, 0.29) is 68.3 Å². The van der Waals surface area contributed by atoms with E-state index in [1.807, 2.05) is 0 Å². The molecule has 0 aliphatic carbocycles. The molecule has 0 unspecified atom stereocenters. The summed E-state index contributed by atoms with van der Waals surface area (Å²) >= 11 is 0. The second-order valence-corrected chi connectivity index (χ2v) is 18.5. The lowest BCUT2D eigenvalue weighted by Gasteiger charge is -2.12. The van der Waals surface area contributed by atoms with E-state index < -0.39 is 76.7 Å². The van der Waals surface area contributed by atoms with Gasteiger partial charge in [0, 0.05) is 46.1 Å². The molecule has 0 heterocycles. The number of rotatable bonds is 18. The number of nitrogens with one attached hydrogen (secondary N) is 2. The Kier molecular flexibility index (Phi) is 14.7. The van der Waals surface area contributed by atoms with Crippen LogP contribution in [0.25, 0.3) is 21.5 Å². The Bertz CT molecular complexity index is 3260. The van der Waals surface area contributed by atoms with Crippen molar-refractivity contribution in [1.82, 2.24) is 0 Å². The average molecular weight is 989 g/mol. The maximum Gasteiger partial charge on any atom is 0.303 e. The third-order valence-corrected chi connectivity index (χ3v) is 12.4. The lowest BCUT2D eigenvalue weighted by molar-refractivity contribution is -0.138. The van der Waals surface area contributed by atoms with Gasteiger partial charge in [-0.2, -0.15) is 27.1 Å². The number of aromatic hydroxyl groups is 2. The third kappa shape index (κ3) is 12.2. The Hall–Kier alpha value is -8.44. The fraction of sp³-hybridized carbons (Fsp3) is 0.125. The van der Waals surface area contributed by atoms with Crippen LogP contribution in [0.5, 0.6) is 11.5 Å². The van der Waals surface area contributed by atoms with Crippen molar-refractivity contribution < 1.29 is 65.5 Å².